The molecule has 1 aliphatic rings. The molecule has 0 saturated carbocycles. The Bertz CT molecular complexity index is 2080. The van der Waals surface area contributed by atoms with Gasteiger partial charge in [-0.15, -0.1) is 0 Å². The second-order valence-corrected chi connectivity index (χ2v) is 11.3. The van der Waals surface area contributed by atoms with Crippen LogP contribution in [-0.4, -0.2) is 75.2 Å². The minimum absolute atomic E-state index is 0.00126. The van der Waals surface area contributed by atoms with Crippen molar-refractivity contribution < 1.29 is 23.0 Å². The Balaban J connectivity index is 1.44. The quantitative estimate of drug-likeness (QED) is 0.190. The Labute approximate surface area is 275 Å². The second kappa shape index (κ2) is 13.9. The van der Waals surface area contributed by atoms with Gasteiger partial charge in [-0.2, -0.15) is 15.2 Å². The summed E-state index contributed by atoms with van der Waals surface area (Å²) in [4.78, 5) is 38.6. The van der Waals surface area contributed by atoms with Crippen molar-refractivity contribution in [3.8, 4) is 29.1 Å². The van der Waals surface area contributed by atoms with E-state index in [4.69, 9.17) is 9.47 Å². The number of alkyl halides is 1. The first-order chi connectivity index (χ1) is 23.3. The van der Waals surface area contributed by atoms with Crippen LogP contribution < -0.4 is 14.4 Å². The third-order valence-corrected chi connectivity index (χ3v) is 8.29. The van der Waals surface area contributed by atoms with Crippen molar-refractivity contribution in [1.82, 2.24) is 29.8 Å². The Morgan fingerprint density at radius 1 is 1.10 bits per heavy atom. The number of pyridine rings is 1. The van der Waals surface area contributed by atoms with Gasteiger partial charge in [-0.05, 0) is 36.3 Å². The van der Waals surface area contributed by atoms with Gasteiger partial charge in [-0.25, -0.2) is 18.7 Å². The van der Waals surface area contributed by atoms with Gasteiger partial charge in [0, 0.05) is 37.5 Å². The van der Waals surface area contributed by atoms with Crippen molar-refractivity contribution in [2.24, 2.45) is 0 Å². The number of aryl methyl sites for hydroxylation is 2. The molecule has 0 aliphatic carbocycles. The van der Waals surface area contributed by atoms with Crippen molar-refractivity contribution in [2.45, 2.75) is 32.9 Å². The molecule has 1 unspecified atom stereocenters. The zero-order valence-corrected chi connectivity index (χ0v) is 26.7. The Kier molecular flexibility index (Phi) is 9.33. The summed E-state index contributed by atoms with van der Waals surface area (Å²) < 4.78 is 40.7. The van der Waals surface area contributed by atoms with E-state index in [0.29, 0.717) is 40.6 Å². The number of piperazine rings is 1. The summed E-state index contributed by atoms with van der Waals surface area (Å²) in [6.45, 7) is 3.61. The number of hydrogen-bond donors (Lipinski definition) is 0. The molecular weight excluding hydrogens is 618 g/mol. The molecule has 2 aromatic carbocycles. The molecule has 13 heteroatoms. The number of carbonyl (C=O) groups is 1. The fourth-order valence-corrected chi connectivity index (χ4v) is 6.00. The molecule has 0 radical (unpaired) electrons. The van der Waals surface area contributed by atoms with Crippen LogP contribution in [0.15, 0.2) is 60.9 Å². The number of hydrogen-bond acceptors (Lipinski definition) is 10. The normalized spacial score (nSPS) is 14.9. The van der Waals surface area contributed by atoms with E-state index in [-0.39, 0.29) is 49.2 Å². The van der Waals surface area contributed by atoms with E-state index in [0.717, 1.165) is 22.4 Å². The van der Waals surface area contributed by atoms with Crippen LogP contribution in [-0.2, 0) is 11.4 Å². The zero-order valence-electron chi connectivity index (χ0n) is 26.7. The van der Waals surface area contributed by atoms with Gasteiger partial charge < -0.3 is 19.3 Å². The number of methoxy groups -OCH3 is 1. The van der Waals surface area contributed by atoms with Gasteiger partial charge in [0.2, 0.25) is 5.91 Å². The zero-order chi connectivity index (χ0) is 33.8. The number of nitriles is 1. The van der Waals surface area contributed by atoms with Crippen LogP contribution in [0.5, 0.6) is 11.8 Å². The van der Waals surface area contributed by atoms with Gasteiger partial charge in [-0.1, -0.05) is 36.4 Å². The number of amides is 1. The largest absolute Gasteiger partial charge is 0.493 e. The van der Waals surface area contributed by atoms with Crippen molar-refractivity contribution in [3.63, 3.8) is 0 Å². The molecule has 1 fully saturated rings. The van der Waals surface area contributed by atoms with Crippen LogP contribution in [0.3, 0.4) is 0 Å². The number of benzene rings is 2. The maximum absolute atomic E-state index is 16.7. The molecule has 1 amide bonds. The average molecular weight is 651 g/mol. The molecule has 0 spiro atoms. The van der Waals surface area contributed by atoms with E-state index < -0.39 is 18.5 Å². The molecule has 0 N–H and O–H groups in total. The van der Waals surface area contributed by atoms with Crippen LogP contribution in [0, 0.1) is 31.0 Å². The van der Waals surface area contributed by atoms with Gasteiger partial charge in [-0.3, -0.25) is 9.78 Å². The van der Waals surface area contributed by atoms with Crippen molar-refractivity contribution >= 4 is 33.4 Å². The lowest BCUT2D eigenvalue weighted by atomic mass is 9.97. The second-order valence-electron chi connectivity index (χ2n) is 11.3. The van der Waals surface area contributed by atoms with Crippen LogP contribution in [0.2, 0.25) is 0 Å². The number of fused-ring (bicyclic) bond motifs is 2. The highest BCUT2D eigenvalue weighted by Gasteiger charge is 2.32. The van der Waals surface area contributed by atoms with Gasteiger partial charge in [0.25, 0.3) is 0 Å². The first kappa shape index (κ1) is 32.2. The highest BCUT2D eigenvalue weighted by atomic mass is 19.1. The molecule has 48 heavy (non-hydrogen) atoms. The SMILES string of the molecule is COc1cnc(COc2nc(N3CCN(C(=O)/C=C/CF)C(CC#N)C3)c3cnc(-c4cccc5cccc(C)c45)c(F)c3n2)nc1C. The van der Waals surface area contributed by atoms with Crippen LogP contribution in [0.4, 0.5) is 14.6 Å². The summed E-state index contributed by atoms with van der Waals surface area (Å²) >= 11 is 0. The lowest BCUT2D eigenvalue weighted by Crippen LogP contribution is -2.55. The number of allylic oxidation sites excluding steroid dienone is 1. The van der Waals surface area contributed by atoms with Crippen molar-refractivity contribution in [3.05, 3.63) is 83.8 Å². The predicted molar refractivity (Wildman–Crippen MR) is 176 cm³/mol. The van der Waals surface area contributed by atoms with E-state index in [1.807, 2.05) is 48.2 Å². The van der Waals surface area contributed by atoms with Crippen molar-refractivity contribution in [2.75, 3.05) is 38.3 Å². The van der Waals surface area contributed by atoms with Gasteiger partial charge >= 0.3 is 6.01 Å². The predicted octanol–water partition coefficient (Wildman–Crippen LogP) is 5.44. The highest BCUT2D eigenvalue weighted by Crippen LogP contribution is 2.36. The minimum Gasteiger partial charge on any atom is -0.493 e. The summed E-state index contributed by atoms with van der Waals surface area (Å²) in [6, 6.07) is 13.0. The van der Waals surface area contributed by atoms with Gasteiger partial charge in [0.1, 0.15) is 23.7 Å². The average Bonchev–Trinajstić information content (AvgIpc) is 3.10. The van der Waals surface area contributed by atoms with Crippen LogP contribution >= 0.6 is 0 Å². The molecular formula is C35H32F2N8O3. The lowest BCUT2D eigenvalue weighted by Gasteiger charge is -2.41. The number of rotatable bonds is 9. The van der Waals surface area contributed by atoms with Crippen molar-refractivity contribution in [1.29, 1.82) is 5.26 Å². The Morgan fingerprint density at radius 3 is 2.67 bits per heavy atom. The van der Waals surface area contributed by atoms with Gasteiger partial charge in [0.15, 0.2) is 24.0 Å². The van der Waals surface area contributed by atoms with E-state index in [9.17, 15) is 14.4 Å². The Hall–Kier alpha value is -5.77. The number of halogens is 2. The van der Waals surface area contributed by atoms with E-state index in [2.05, 4.69) is 31.0 Å². The van der Waals surface area contributed by atoms with Crippen LogP contribution in [0.25, 0.3) is 32.9 Å². The minimum atomic E-state index is -0.773. The van der Waals surface area contributed by atoms with Crippen LogP contribution in [0.1, 0.15) is 23.5 Å². The van der Waals surface area contributed by atoms with E-state index in [1.165, 1.54) is 24.3 Å². The fourth-order valence-electron chi connectivity index (χ4n) is 6.00. The molecule has 244 valence electrons. The smallest absolute Gasteiger partial charge is 0.319 e. The molecule has 0 bridgehead atoms. The summed E-state index contributed by atoms with van der Waals surface area (Å²) in [5.74, 6) is 0.179. The third-order valence-electron chi connectivity index (χ3n) is 8.29. The van der Waals surface area contributed by atoms with E-state index in [1.54, 1.807) is 13.1 Å². The monoisotopic (exact) mass is 650 g/mol. The maximum atomic E-state index is 16.7. The van der Waals surface area contributed by atoms with E-state index >= 15 is 4.39 Å². The summed E-state index contributed by atoms with van der Waals surface area (Å²) in [6.07, 6.45) is 5.42. The lowest BCUT2D eigenvalue weighted by molar-refractivity contribution is -0.128. The highest BCUT2D eigenvalue weighted by molar-refractivity contribution is 6.00. The maximum Gasteiger partial charge on any atom is 0.319 e. The number of nitrogens with zero attached hydrogens (tertiary/aromatic N) is 8. The molecule has 6 rings (SSSR count). The summed E-state index contributed by atoms with van der Waals surface area (Å²) in [5.41, 5.74) is 2.35. The molecule has 5 aromatic rings. The first-order valence-electron chi connectivity index (χ1n) is 15.3. The molecule has 1 aliphatic heterocycles. The number of aromatic nitrogens is 5. The molecule has 1 atom stereocenters. The summed E-state index contributed by atoms with van der Waals surface area (Å²) in [5, 5.41) is 11.7. The Morgan fingerprint density at radius 2 is 1.92 bits per heavy atom. The molecule has 11 nitrogen and oxygen atoms in total. The van der Waals surface area contributed by atoms with Gasteiger partial charge in [0.05, 0.1) is 42.9 Å². The third kappa shape index (κ3) is 6.29. The number of carbonyl (C=O) groups excluding carboxylic acids is 1. The fraction of sp³-hybridized carbons (Fsp3) is 0.286. The molecule has 1 saturated heterocycles. The first-order valence-corrected chi connectivity index (χ1v) is 15.3. The standard InChI is InChI=1S/C35H32F2N8O3/c1-21-7-4-8-23-9-5-10-25(30(21)23)32-31(37)33-26(17-40-32)34(43-35(42-33)48-20-28-39-18-27(47-3)22(2)41-28)44-15-16-45(24(19-44)12-14-38)29(46)11-6-13-36/h4-11,17-18,24H,12-13,15-16,19-20H2,1-3H3/b11-6+. The molecule has 3 aromatic heterocycles. The molecule has 4 heterocycles. The number of anilines is 1. The summed E-state index contributed by atoms with van der Waals surface area (Å²) in [7, 11) is 1.53. The number of ether oxygens (including phenoxy) is 2. The topological polar surface area (TPSA) is 130 Å².